The smallest absolute Gasteiger partial charge is 0.266 e. The molecule has 3 aromatic carbocycles. The van der Waals surface area contributed by atoms with Gasteiger partial charge in [0, 0.05) is 5.56 Å². The maximum Gasteiger partial charge on any atom is 0.266 e. The molecular formula is C27H25N3O4S. The minimum absolute atomic E-state index is 0.0868. The average molecular weight is 488 g/mol. The lowest BCUT2D eigenvalue weighted by Crippen LogP contribution is -2.32. The number of nitrogens with zero attached hydrogens (tertiary/aromatic N) is 2. The standard InChI is InChI=1S/C27H25N3O4S/c1-17(2)20-8-5-7-11-23(20)30-26(33)21-9-4-6-10-22(21)28-27(30)35-16-24(31)29-25(32)18-12-14-19(34-3)15-13-18/h4-15,17H,16H2,1-3H3,(H,29,31,32). The van der Waals surface area contributed by atoms with Crippen molar-refractivity contribution in [3.05, 3.63) is 94.3 Å². The van der Waals surface area contributed by atoms with Gasteiger partial charge in [-0.05, 0) is 53.9 Å². The van der Waals surface area contributed by atoms with Gasteiger partial charge in [0.25, 0.3) is 11.5 Å². The van der Waals surface area contributed by atoms with E-state index in [1.165, 1.54) is 7.11 Å². The number of thioether (sulfide) groups is 1. The number of amides is 2. The summed E-state index contributed by atoms with van der Waals surface area (Å²) in [6.45, 7) is 4.12. The molecule has 4 rings (SSSR count). The molecule has 4 aromatic rings. The fraction of sp³-hybridized carbons (Fsp3) is 0.185. The van der Waals surface area contributed by atoms with Crippen molar-refractivity contribution < 1.29 is 14.3 Å². The molecular weight excluding hydrogens is 462 g/mol. The van der Waals surface area contributed by atoms with Crippen molar-refractivity contribution in [1.29, 1.82) is 0 Å². The molecule has 0 aliphatic carbocycles. The van der Waals surface area contributed by atoms with Crippen LogP contribution in [0.2, 0.25) is 0 Å². The Balaban J connectivity index is 1.63. The van der Waals surface area contributed by atoms with Gasteiger partial charge in [0.2, 0.25) is 5.91 Å². The molecule has 0 bridgehead atoms. The van der Waals surface area contributed by atoms with Crippen LogP contribution in [0, 0.1) is 0 Å². The minimum atomic E-state index is -0.507. The van der Waals surface area contributed by atoms with Crippen LogP contribution in [-0.4, -0.2) is 34.2 Å². The quantitative estimate of drug-likeness (QED) is 0.303. The molecule has 0 saturated carbocycles. The van der Waals surface area contributed by atoms with Gasteiger partial charge in [0.1, 0.15) is 5.75 Å². The summed E-state index contributed by atoms with van der Waals surface area (Å²) in [4.78, 5) is 43.3. The first-order valence-electron chi connectivity index (χ1n) is 11.1. The first kappa shape index (κ1) is 24.2. The van der Waals surface area contributed by atoms with Crippen molar-refractivity contribution in [3.8, 4) is 11.4 Å². The Morgan fingerprint density at radius 2 is 1.69 bits per heavy atom. The number of para-hydroxylation sites is 2. The fourth-order valence-corrected chi connectivity index (χ4v) is 4.51. The van der Waals surface area contributed by atoms with Crippen LogP contribution in [0.4, 0.5) is 0 Å². The van der Waals surface area contributed by atoms with Gasteiger partial charge in [-0.2, -0.15) is 0 Å². The first-order valence-corrected chi connectivity index (χ1v) is 12.1. The maximum absolute atomic E-state index is 13.5. The van der Waals surface area contributed by atoms with Crippen molar-refractivity contribution in [1.82, 2.24) is 14.9 Å². The normalized spacial score (nSPS) is 11.0. The SMILES string of the molecule is COc1ccc(C(=O)NC(=O)CSc2nc3ccccc3c(=O)n2-c2ccccc2C(C)C)cc1. The lowest BCUT2D eigenvalue weighted by molar-refractivity contribution is -0.117. The van der Waals surface area contributed by atoms with Crippen LogP contribution in [0.3, 0.4) is 0 Å². The summed E-state index contributed by atoms with van der Waals surface area (Å²) in [5, 5.41) is 3.27. The van der Waals surface area contributed by atoms with E-state index in [9.17, 15) is 14.4 Å². The molecule has 1 N–H and O–H groups in total. The second-order valence-corrected chi connectivity index (χ2v) is 9.10. The van der Waals surface area contributed by atoms with Gasteiger partial charge in [-0.25, -0.2) is 4.98 Å². The Hall–Kier alpha value is -3.91. The summed E-state index contributed by atoms with van der Waals surface area (Å²) in [6, 6.07) is 21.3. The Labute approximate surface area is 207 Å². The van der Waals surface area contributed by atoms with Crippen molar-refractivity contribution in [2.75, 3.05) is 12.9 Å². The number of aromatic nitrogens is 2. The summed E-state index contributed by atoms with van der Waals surface area (Å²) in [6.07, 6.45) is 0. The molecule has 0 radical (unpaired) electrons. The van der Waals surface area contributed by atoms with Crippen LogP contribution >= 0.6 is 11.8 Å². The topological polar surface area (TPSA) is 90.3 Å². The number of hydrogen-bond donors (Lipinski definition) is 1. The number of methoxy groups -OCH3 is 1. The molecule has 0 atom stereocenters. The van der Waals surface area contributed by atoms with Gasteiger partial charge in [-0.1, -0.05) is 55.9 Å². The van der Waals surface area contributed by atoms with E-state index < -0.39 is 11.8 Å². The van der Waals surface area contributed by atoms with Gasteiger partial charge < -0.3 is 4.74 Å². The van der Waals surface area contributed by atoms with E-state index in [1.54, 1.807) is 47.0 Å². The molecule has 1 aromatic heterocycles. The van der Waals surface area contributed by atoms with Gasteiger partial charge in [-0.3, -0.25) is 24.3 Å². The lowest BCUT2D eigenvalue weighted by Gasteiger charge is -2.18. The predicted octanol–water partition coefficient (Wildman–Crippen LogP) is 4.57. The molecule has 8 heteroatoms. The third kappa shape index (κ3) is 5.27. The number of ether oxygens (including phenoxy) is 1. The molecule has 0 spiro atoms. The molecule has 0 aliphatic rings. The van der Waals surface area contributed by atoms with Crippen LogP contribution in [0.25, 0.3) is 16.6 Å². The zero-order chi connectivity index (χ0) is 24.9. The molecule has 0 saturated heterocycles. The van der Waals surface area contributed by atoms with Gasteiger partial charge in [-0.15, -0.1) is 0 Å². The Kier molecular flexibility index (Phi) is 7.31. The van der Waals surface area contributed by atoms with Crippen LogP contribution in [0.5, 0.6) is 5.75 Å². The first-order chi connectivity index (χ1) is 16.9. The van der Waals surface area contributed by atoms with Crippen LogP contribution in [0.1, 0.15) is 35.7 Å². The zero-order valence-corrected chi connectivity index (χ0v) is 20.5. The molecule has 0 unspecified atom stereocenters. The van der Waals surface area contributed by atoms with E-state index in [4.69, 9.17) is 4.74 Å². The summed E-state index contributed by atoms with van der Waals surface area (Å²) in [7, 11) is 1.54. The van der Waals surface area contributed by atoms with Crippen molar-refractivity contribution >= 4 is 34.5 Å². The summed E-state index contributed by atoms with van der Waals surface area (Å²) in [5.41, 5.74) is 2.40. The molecule has 178 valence electrons. The summed E-state index contributed by atoms with van der Waals surface area (Å²) < 4.78 is 6.65. The zero-order valence-electron chi connectivity index (χ0n) is 19.6. The van der Waals surface area contributed by atoms with E-state index >= 15 is 0 Å². The molecule has 0 aliphatic heterocycles. The number of carbonyl (C=O) groups is 2. The number of benzene rings is 3. The van der Waals surface area contributed by atoms with Gasteiger partial charge in [0.05, 0.1) is 29.5 Å². The minimum Gasteiger partial charge on any atom is -0.497 e. The number of carbonyl (C=O) groups excluding carboxylic acids is 2. The molecule has 0 fully saturated rings. The third-order valence-electron chi connectivity index (χ3n) is 5.48. The monoisotopic (exact) mass is 487 g/mol. The van der Waals surface area contributed by atoms with E-state index in [2.05, 4.69) is 24.1 Å². The highest BCUT2D eigenvalue weighted by Gasteiger charge is 2.19. The largest absolute Gasteiger partial charge is 0.497 e. The van der Waals surface area contributed by atoms with Crippen LogP contribution in [0.15, 0.2) is 82.7 Å². The van der Waals surface area contributed by atoms with Gasteiger partial charge >= 0.3 is 0 Å². The number of hydrogen-bond acceptors (Lipinski definition) is 6. The Morgan fingerprint density at radius 3 is 2.40 bits per heavy atom. The molecule has 1 heterocycles. The Morgan fingerprint density at radius 1 is 1.00 bits per heavy atom. The highest BCUT2D eigenvalue weighted by molar-refractivity contribution is 7.99. The average Bonchev–Trinajstić information content (AvgIpc) is 2.87. The van der Waals surface area contributed by atoms with Gasteiger partial charge in [0.15, 0.2) is 5.16 Å². The van der Waals surface area contributed by atoms with Crippen LogP contribution < -0.4 is 15.6 Å². The second-order valence-electron chi connectivity index (χ2n) is 8.16. The van der Waals surface area contributed by atoms with Crippen molar-refractivity contribution in [3.63, 3.8) is 0 Å². The van der Waals surface area contributed by atoms with Crippen LogP contribution in [-0.2, 0) is 4.79 Å². The Bertz CT molecular complexity index is 1450. The lowest BCUT2D eigenvalue weighted by atomic mass is 10.0. The van der Waals surface area contributed by atoms with E-state index in [0.717, 1.165) is 23.0 Å². The molecule has 2 amide bonds. The van der Waals surface area contributed by atoms with Crippen molar-refractivity contribution in [2.24, 2.45) is 0 Å². The molecule has 7 nitrogen and oxygen atoms in total. The highest BCUT2D eigenvalue weighted by Crippen LogP contribution is 2.27. The number of fused-ring (bicyclic) bond motifs is 1. The van der Waals surface area contributed by atoms with Crippen molar-refractivity contribution in [2.45, 2.75) is 24.9 Å². The highest BCUT2D eigenvalue weighted by atomic mass is 32.2. The number of imide groups is 1. The van der Waals surface area contributed by atoms with E-state index in [-0.39, 0.29) is 17.2 Å². The third-order valence-corrected chi connectivity index (χ3v) is 6.42. The maximum atomic E-state index is 13.5. The predicted molar refractivity (Wildman–Crippen MR) is 138 cm³/mol. The summed E-state index contributed by atoms with van der Waals surface area (Å²) in [5.74, 6) is -0.288. The second kappa shape index (κ2) is 10.6. The number of nitrogens with one attached hydrogen (secondary N) is 1. The molecule has 35 heavy (non-hydrogen) atoms. The van der Waals surface area contributed by atoms with E-state index in [1.807, 2.05) is 30.3 Å². The number of rotatable bonds is 7. The van der Waals surface area contributed by atoms with E-state index in [0.29, 0.717) is 27.4 Å². The summed E-state index contributed by atoms with van der Waals surface area (Å²) >= 11 is 1.11. The fourth-order valence-electron chi connectivity index (χ4n) is 3.71.